The van der Waals surface area contributed by atoms with Crippen molar-refractivity contribution in [3.8, 4) is 0 Å². The molecule has 96 valence electrons. The van der Waals surface area contributed by atoms with Crippen molar-refractivity contribution in [1.82, 2.24) is 5.32 Å². The van der Waals surface area contributed by atoms with Gasteiger partial charge in [-0.05, 0) is 53.0 Å². The van der Waals surface area contributed by atoms with Gasteiger partial charge >= 0.3 is 0 Å². The molecule has 1 unspecified atom stereocenters. The molecule has 3 heteroatoms. The standard InChI is InChI=1S/C15H18BrNS/c1-3-9-17-15(12-7-5-4-6-8-12)13-10-14(16)18-11(13)2/h4-8,10,15,17H,3,9H2,1-2H3. The lowest BCUT2D eigenvalue weighted by atomic mass is 9.99. The van der Waals surface area contributed by atoms with Crippen LogP contribution >= 0.6 is 27.3 Å². The van der Waals surface area contributed by atoms with Crippen molar-refractivity contribution in [2.75, 3.05) is 6.54 Å². The summed E-state index contributed by atoms with van der Waals surface area (Å²) < 4.78 is 1.20. The smallest absolute Gasteiger partial charge is 0.0704 e. The Morgan fingerprint density at radius 3 is 2.56 bits per heavy atom. The van der Waals surface area contributed by atoms with Crippen LogP contribution in [0.2, 0.25) is 0 Å². The van der Waals surface area contributed by atoms with Crippen molar-refractivity contribution in [1.29, 1.82) is 0 Å². The molecule has 0 fully saturated rings. The second-order valence-corrected chi connectivity index (χ2v) is 7.00. The highest BCUT2D eigenvalue weighted by molar-refractivity contribution is 9.11. The molecule has 0 radical (unpaired) electrons. The van der Waals surface area contributed by atoms with Gasteiger partial charge in [0.15, 0.2) is 0 Å². The molecule has 1 aromatic carbocycles. The van der Waals surface area contributed by atoms with Crippen LogP contribution in [0.1, 0.15) is 35.4 Å². The van der Waals surface area contributed by atoms with Crippen LogP contribution in [0.4, 0.5) is 0 Å². The van der Waals surface area contributed by atoms with E-state index in [-0.39, 0.29) is 0 Å². The van der Waals surface area contributed by atoms with Crippen molar-refractivity contribution in [3.05, 3.63) is 56.2 Å². The van der Waals surface area contributed by atoms with Crippen molar-refractivity contribution < 1.29 is 0 Å². The zero-order chi connectivity index (χ0) is 13.0. The monoisotopic (exact) mass is 323 g/mol. The van der Waals surface area contributed by atoms with E-state index < -0.39 is 0 Å². The van der Waals surface area contributed by atoms with Crippen molar-refractivity contribution >= 4 is 27.3 Å². The molecule has 0 spiro atoms. The van der Waals surface area contributed by atoms with Crippen molar-refractivity contribution in [2.45, 2.75) is 26.3 Å². The largest absolute Gasteiger partial charge is 0.306 e. The van der Waals surface area contributed by atoms with Gasteiger partial charge in [-0.25, -0.2) is 0 Å². The van der Waals surface area contributed by atoms with Crippen LogP contribution in [0.5, 0.6) is 0 Å². The van der Waals surface area contributed by atoms with E-state index in [1.807, 2.05) is 0 Å². The summed E-state index contributed by atoms with van der Waals surface area (Å²) in [4.78, 5) is 1.37. The maximum absolute atomic E-state index is 3.64. The van der Waals surface area contributed by atoms with Gasteiger partial charge in [0.05, 0.1) is 9.83 Å². The van der Waals surface area contributed by atoms with Gasteiger partial charge in [-0.1, -0.05) is 37.3 Å². The zero-order valence-corrected chi connectivity index (χ0v) is 13.1. The topological polar surface area (TPSA) is 12.0 Å². The average Bonchev–Trinajstić information content (AvgIpc) is 2.70. The summed E-state index contributed by atoms with van der Waals surface area (Å²) in [5, 5.41) is 3.64. The predicted octanol–water partition coefficient (Wildman–Crippen LogP) is 4.91. The number of rotatable bonds is 5. The van der Waals surface area contributed by atoms with E-state index in [1.165, 1.54) is 19.8 Å². The summed E-state index contributed by atoms with van der Waals surface area (Å²) in [5.74, 6) is 0. The Balaban J connectivity index is 2.34. The van der Waals surface area contributed by atoms with Crippen LogP contribution in [-0.2, 0) is 0 Å². The molecule has 0 aliphatic rings. The van der Waals surface area contributed by atoms with E-state index in [2.05, 4.69) is 71.5 Å². The second kappa shape index (κ2) is 6.50. The van der Waals surface area contributed by atoms with Crippen molar-refractivity contribution in [3.63, 3.8) is 0 Å². The van der Waals surface area contributed by atoms with Crippen LogP contribution in [0.25, 0.3) is 0 Å². The third-order valence-corrected chi connectivity index (χ3v) is 4.54. The molecule has 1 nitrogen and oxygen atoms in total. The first-order valence-electron chi connectivity index (χ1n) is 6.26. The summed E-state index contributed by atoms with van der Waals surface area (Å²) in [6, 6.07) is 13.2. The van der Waals surface area contributed by atoms with E-state index in [4.69, 9.17) is 0 Å². The molecule has 0 bridgehead atoms. The van der Waals surface area contributed by atoms with E-state index in [1.54, 1.807) is 11.3 Å². The molecular weight excluding hydrogens is 306 g/mol. The van der Waals surface area contributed by atoms with Crippen LogP contribution in [0.15, 0.2) is 40.2 Å². The molecule has 18 heavy (non-hydrogen) atoms. The maximum Gasteiger partial charge on any atom is 0.0704 e. The normalized spacial score (nSPS) is 12.6. The highest BCUT2D eigenvalue weighted by Gasteiger charge is 2.17. The predicted molar refractivity (Wildman–Crippen MR) is 83.3 cm³/mol. The first-order valence-corrected chi connectivity index (χ1v) is 7.87. The Morgan fingerprint density at radius 1 is 1.28 bits per heavy atom. The van der Waals surface area contributed by atoms with Crippen LogP contribution in [0.3, 0.4) is 0 Å². The number of halogens is 1. The fourth-order valence-electron chi connectivity index (χ4n) is 2.09. The molecule has 1 aromatic heterocycles. The lowest BCUT2D eigenvalue weighted by Gasteiger charge is -2.19. The number of nitrogens with one attached hydrogen (secondary N) is 1. The summed E-state index contributed by atoms with van der Waals surface area (Å²) in [6.07, 6.45) is 1.15. The van der Waals surface area contributed by atoms with Gasteiger partial charge in [0.1, 0.15) is 0 Å². The minimum Gasteiger partial charge on any atom is -0.306 e. The van der Waals surface area contributed by atoms with Gasteiger partial charge in [-0.15, -0.1) is 11.3 Å². The molecule has 0 amide bonds. The van der Waals surface area contributed by atoms with Gasteiger partial charge in [-0.3, -0.25) is 0 Å². The zero-order valence-electron chi connectivity index (χ0n) is 10.7. The SMILES string of the molecule is CCCNC(c1ccccc1)c1cc(Br)sc1C. The Morgan fingerprint density at radius 2 is 2.00 bits per heavy atom. The van der Waals surface area contributed by atoms with Gasteiger partial charge < -0.3 is 5.32 Å². The molecule has 0 aliphatic heterocycles. The van der Waals surface area contributed by atoms with Gasteiger partial charge in [0.2, 0.25) is 0 Å². The lowest BCUT2D eigenvalue weighted by Crippen LogP contribution is -2.23. The van der Waals surface area contributed by atoms with E-state index >= 15 is 0 Å². The maximum atomic E-state index is 3.64. The summed E-state index contributed by atoms with van der Waals surface area (Å²) in [5.41, 5.74) is 2.71. The van der Waals surface area contributed by atoms with Crippen LogP contribution < -0.4 is 5.32 Å². The Kier molecular flexibility index (Phi) is 4.98. The van der Waals surface area contributed by atoms with Crippen LogP contribution in [-0.4, -0.2) is 6.54 Å². The molecular formula is C15H18BrNS. The molecule has 2 aromatic rings. The van der Waals surface area contributed by atoms with Crippen LogP contribution in [0, 0.1) is 6.92 Å². The highest BCUT2D eigenvalue weighted by atomic mass is 79.9. The molecule has 0 aliphatic carbocycles. The lowest BCUT2D eigenvalue weighted by molar-refractivity contribution is 0.598. The quantitative estimate of drug-likeness (QED) is 0.824. The Labute approximate surface area is 121 Å². The highest BCUT2D eigenvalue weighted by Crippen LogP contribution is 2.33. The second-order valence-electron chi connectivity index (χ2n) is 4.36. The summed E-state index contributed by atoms with van der Waals surface area (Å²) >= 11 is 5.39. The van der Waals surface area contributed by atoms with E-state index in [0.717, 1.165) is 13.0 Å². The minimum atomic E-state index is 0.300. The van der Waals surface area contributed by atoms with Crippen molar-refractivity contribution in [2.24, 2.45) is 0 Å². The average molecular weight is 324 g/mol. The molecule has 1 N–H and O–H groups in total. The number of aryl methyl sites for hydroxylation is 1. The molecule has 0 saturated heterocycles. The first kappa shape index (κ1) is 13.8. The molecule has 0 saturated carbocycles. The Bertz CT molecular complexity index is 492. The number of hydrogen-bond acceptors (Lipinski definition) is 2. The van der Waals surface area contributed by atoms with Gasteiger partial charge in [0.25, 0.3) is 0 Å². The third kappa shape index (κ3) is 3.22. The summed E-state index contributed by atoms with van der Waals surface area (Å²) in [7, 11) is 0. The van der Waals surface area contributed by atoms with E-state index in [0.29, 0.717) is 6.04 Å². The fourth-order valence-corrected chi connectivity index (χ4v) is 3.83. The fraction of sp³-hybridized carbons (Fsp3) is 0.333. The third-order valence-electron chi connectivity index (χ3n) is 2.97. The number of thiophene rings is 1. The van der Waals surface area contributed by atoms with Gasteiger partial charge in [0, 0.05) is 4.88 Å². The van der Waals surface area contributed by atoms with E-state index in [9.17, 15) is 0 Å². The molecule has 1 heterocycles. The molecule has 1 atom stereocenters. The Hall–Kier alpha value is -0.640. The summed E-state index contributed by atoms with van der Waals surface area (Å²) in [6.45, 7) is 5.42. The molecule has 2 rings (SSSR count). The first-order chi connectivity index (χ1) is 8.72. The minimum absolute atomic E-state index is 0.300. The number of benzene rings is 1. The van der Waals surface area contributed by atoms with Gasteiger partial charge in [-0.2, -0.15) is 0 Å². The number of hydrogen-bond donors (Lipinski definition) is 1.